The van der Waals surface area contributed by atoms with Crippen LogP contribution in [0.4, 0.5) is 0 Å². The summed E-state index contributed by atoms with van der Waals surface area (Å²) in [7, 11) is 0. The third kappa shape index (κ3) is 8.64. The molecule has 3 nitrogen and oxygen atoms in total. The summed E-state index contributed by atoms with van der Waals surface area (Å²) in [6.07, 6.45) is 15.5. The van der Waals surface area contributed by atoms with Gasteiger partial charge in [-0.1, -0.05) is 58.3 Å². The lowest BCUT2D eigenvalue weighted by Gasteiger charge is -2.00. The Balaban J connectivity index is 1.94. The molecule has 20 heavy (non-hydrogen) atoms. The topological polar surface area (TPSA) is 51.8 Å². The van der Waals surface area contributed by atoms with E-state index in [-0.39, 0.29) is 0 Å². The summed E-state index contributed by atoms with van der Waals surface area (Å²) in [5.74, 6) is 0. The first-order valence-corrected chi connectivity index (χ1v) is 9.19. The van der Waals surface area contributed by atoms with Crippen LogP contribution in [0.3, 0.4) is 0 Å². The van der Waals surface area contributed by atoms with Crippen molar-refractivity contribution in [2.75, 3.05) is 6.54 Å². The molecule has 0 saturated heterocycles. The Morgan fingerprint density at radius 1 is 0.750 bits per heavy atom. The summed E-state index contributed by atoms with van der Waals surface area (Å²) in [6.45, 7) is 3.02. The summed E-state index contributed by atoms with van der Waals surface area (Å²) < 4.78 is 0. The predicted octanol–water partition coefficient (Wildman–Crippen LogP) is 4.50. The van der Waals surface area contributed by atoms with Gasteiger partial charge in [0.25, 0.3) is 0 Å². The van der Waals surface area contributed by atoms with Gasteiger partial charge in [-0.15, -0.1) is 21.5 Å². The van der Waals surface area contributed by atoms with E-state index in [1.807, 2.05) is 0 Å². The summed E-state index contributed by atoms with van der Waals surface area (Å²) in [6, 6.07) is 0. The zero-order chi connectivity index (χ0) is 14.5. The molecular formula is C16H31N3S. The molecule has 0 aliphatic carbocycles. The fourth-order valence-corrected chi connectivity index (χ4v) is 3.26. The van der Waals surface area contributed by atoms with E-state index in [4.69, 9.17) is 5.73 Å². The van der Waals surface area contributed by atoms with E-state index in [9.17, 15) is 0 Å². The second-order valence-corrected chi connectivity index (χ2v) is 6.71. The number of aryl methyl sites for hydroxylation is 2. The lowest BCUT2D eigenvalue weighted by Crippen LogP contribution is -1.99. The molecule has 2 N–H and O–H groups in total. The molecule has 0 saturated carbocycles. The van der Waals surface area contributed by atoms with E-state index in [2.05, 4.69) is 17.1 Å². The minimum atomic E-state index is 0.743. The summed E-state index contributed by atoms with van der Waals surface area (Å²) in [4.78, 5) is 0. The zero-order valence-corrected chi connectivity index (χ0v) is 13.9. The molecule has 1 heterocycles. The van der Waals surface area contributed by atoms with Crippen LogP contribution < -0.4 is 5.73 Å². The van der Waals surface area contributed by atoms with E-state index < -0.39 is 0 Å². The Hall–Kier alpha value is -0.480. The Morgan fingerprint density at radius 3 is 1.80 bits per heavy atom. The Kier molecular flexibility index (Phi) is 10.8. The second kappa shape index (κ2) is 12.3. The van der Waals surface area contributed by atoms with Gasteiger partial charge in [0.2, 0.25) is 0 Å². The van der Waals surface area contributed by atoms with Gasteiger partial charge >= 0.3 is 0 Å². The molecule has 0 spiro atoms. The highest BCUT2D eigenvalue weighted by molar-refractivity contribution is 7.11. The molecule has 4 heteroatoms. The van der Waals surface area contributed by atoms with E-state index in [0.717, 1.165) is 30.8 Å². The number of rotatable bonds is 13. The van der Waals surface area contributed by atoms with Crippen molar-refractivity contribution in [2.45, 2.75) is 84.0 Å². The van der Waals surface area contributed by atoms with Crippen molar-refractivity contribution in [3.05, 3.63) is 10.0 Å². The Bertz CT molecular complexity index is 325. The van der Waals surface area contributed by atoms with Crippen LogP contribution >= 0.6 is 11.3 Å². The molecule has 0 fully saturated rings. The third-order valence-corrected chi connectivity index (χ3v) is 4.64. The normalized spacial score (nSPS) is 11.1. The van der Waals surface area contributed by atoms with Gasteiger partial charge in [-0.2, -0.15) is 0 Å². The average Bonchev–Trinajstić information content (AvgIpc) is 2.91. The largest absolute Gasteiger partial charge is 0.330 e. The van der Waals surface area contributed by atoms with Gasteiger partial charge in [-0.25, -0.2) is 0 Å². The van der Waals surface area contributed by atoms with Gasteiger partial charge in [0.1, 0.15) is 10.0 Å². The molecule has 116 valence electrons. The van der Waals surface area contributed by atoms with Crippen molar-refractivity contribution in [3.63, 3.8) is 0 Å². The van der Waals surface area contributed by atoms with Crippen LogP contribution in [0, 0.1) is 0 Å². The zero-order valence-electron chi connectivity index (χ0n) is 13.1. The highest BCUT2D eigenvalue weighted by Crippen LogP contribution is 2.15. The number of unbranched alkanes of at least 4 members (excludes halogenated alkanes) is 8. The van der Waals surface area contributed by atoms with Crippen LogP contribution in [0.1, 0.15) is 81.1 Å². The summed E-state index contributed by atoms with van der Waals surface area (Å²) in [5.41, 5.74) is 5.50. The van der Waals surface area contributed by atoms with Gasteiger partial charge in [-0.3, -0.25) is 0 Å². The Labute approximate surface area is 128 Å². The molecule has 1 rings (SSSR count). The minimum Gasteiger partial charge on any atom is -0.330 e. The van der Waals surface area contributed by atoms with Crippen LogP contribution in [0.5, 0.6) is 0 Å². The molecule has 0 atom stereocenters. The minimum absolute atomic E-state index is 0.743. The van der Waals surface area contributed by atoms with Gasteiger partial charge < -0.3 is 5.73 Å². The number of aromatic nitrogens is 2. The van der Waals surface area contributed by atoms with Gasteiger partial charge in [0.05, 0.1) is 0 Å². The lowest BCUT2D eigenvalue weighted by atomic mass is 10.1. The molecule has 0 amide bonds. The van der Waals surface area contributed by atoms with Crippen molar-refractivity contribution in [2.24, 2.45) is 5.73 Å². The van der Waals surface area contributed by atoms with Crippen LogP contribution in [0.25, 0.3) is 0 Å². The first kappa shape index (κ1) is 17.6. The molecule has 0 bridgehead atoms. The van der Waals surface area contributed by atoms with Crippen LogP contribution in [0.2, 0.25) is 0 Å². The maximum Gasteiger partial charge on any atom is 0.117 e. The van der Waals surface area contributed by atoms with E-state index in [1.165, 1.54) is 62.8 Å². The van der Waals surface area contributed by atoms with E-state index in [0.29, 0.717) is 0 Å². The van der Waals surface area contributed by atoms with Crippen molar-refractivity contribution in [1.29, 1.82) is 0 Å². The van der Waals surface area contributed by atoms with Gasteiger partial charge in [-0.05, 0) is 19.4 Å². The quantitative estimate of drug-likeness (QED) is 0.545. The average molecular weight is 298 g/mol. The molecule has 1 aromatic heterocycles. The lowest BCUT2D eigenvalue weighted by molar-refractivity contribution is 0.564. The maximum absolute atomic E-state index is 5.50. The van der Waals surface area contributed by atoms with Crippen molar-refractivity contribution in [1.82, 2.24) is 10.2 Å². The van der Waals surface area contributed by atoms with Gasteiger partial charge in [0, 0.05) is 12.8 Å². The number of hydrogen-bond acceptors (Lipinski definition) is 4. The fraction of sp³-hybridized carbons (Fsp3) is 0.875. The van der Waals surface area contributed by atoms with Crippen molar-refractivity contribution in [3.8, 4) is 0 Å². The molecular weight excluding hydrogens is 266 g/mol. The van der Waals surface area contributed by atoms with Crippen molar-refractivity contribution >= 4 is 11.3 Å². The first-order chi connectivity index (χ1) is 9.86. The summed E-state index contributed by atoms with van der Waals surface area (Å²) in [5, 5.41) is 10.9. The monoisotopic (exact) mass is 297 g/mol. The number of hydrogen-bond donors (Lipinski definition) is 1. The highest BCUT2D eigenvalue weighted by Gasteiger charge is 2.03. The fourth-order valence-electron chi connectivity index (χ4n) is 2.33. The molecule has 0 unspecified atom stereocenters. The SMILES string of the molecule is CCCCCCCCCCCc1nnc(CCCN)s1. The number of nitrogens with two attached hydrogens (primary N) is 1. The third-order valence-electron chi connectivity index (χ3n) is 3.60. The molecule has 0 aliphatic heterocycles. The smallest absolute Gasteiger partial charge is 0.117 e. The number of nitrogens with zero attached hydrogens (tertiary/aromatic N) is 2. The predicted molar refractivity (Wildman–Crippen MR) is 88.2 cm³/mol. The van der Waals surface area contributed by atoms with E-state index in [1.54, 1.807) is 11.3 Å². The molecule has 0 radical (unpaired) electrons. The van der Waals surface area contributed by atoms with Crippen LogP contribution in [-0.2, 0) is 12.8 Å². The maximum atomic E-state index is 5.50. The standard InChI is InChI=1S/C16H31N3S/c1-2-3-4-5-6-7-8-9-10-12-15-18-19-16(20-15)13-11-14-17/h2-14,17H2,1H3. The van der Waals surface area contributed by atoms with Crippen LogP contribution in [0.15, 0.2) is 0 Å². The first-order valence-electron chi connectivity index (χ1n) is 8.38. The molecule has 0 aliphatic rings. The van der Waals surface area contributed by atoms with Crippen LogP contribution in [-0.4, -0.2) is 16.7 Å². The molecule has 0 aromatic carbocycles. The summed E-state index contributed by atoms with van der Waals surface area (Å²) >= 11 is 1.77. The van der Waals surface area contributed by atoms with Gasteiger partial charge in [0.15, 0.2) is 0 Å². The Morgan fingerprint density at radius 2 is 1.25 bits per heavy atom. The second-order valence-electron chi connectivity index (χ2n) is 5.56. The van der Waals surface area contributed by atoms with Crippen molar-refractivity contribution < 1.29 is 0 Å². The molecule has 1 aromatic rings. The highest BCUT2D eigenvalue weighted by atomic mass is 32.1. The van der Waals surface area contributed by atoms with E-state index >= 15 is 0 Å².